The number of rotatable bonds is 2. The van der Waals surface area contributed by atoms with Crippen LogP contribution in [0.5, 0.6) is 0 Å². The number of hydrogen-bond donors (Lipinski definition) is 1. The fraction of sp³-hybridized carbons (Fsp3) is 0.400. The van der Waals surface area contributed by atoms with E-state index in [0.29, 0.717) is 12.5 Å². The molecule has 0 aromatic heterocycles. The Morgan fingerprint density at radius 1 is 1.42 bits per heavy atom. The molecule has 2 rings (SSSR count). The normalized spacial score (nSPS) is 20.9. The van der Waals surface area contributed by atoms with Crippen LogP contribution in [0, 0.1) is 0 Å². The van der Waals surface area contributed by atoms with Crippen LogP contribution in [0.3, 0.4) is 0 Å². The summed E-state index contributed by atoms with van der Waals surface area (Å²) >= 11 is 0. The summed E-state index contributed by atoms with van der Waals surface area (Å²) in [6, 6.07) is 8.52. The largest absolute Gasteiger partial charge is 0.304 e. The van der Waals surface area contributed by atoms with Gasteiger partial charge in [-0.05, 0) is 24.0 Å². The Labute approximate surface area is 72.3 Å². The molecule has 64 valence electrons. The molecule has 0 aliphatic heterocycles. The predicted molar refractivity (Wildman–Crippen MR) is 47.6 cm³/mol. The van der Waals surface area contributed by atoms with Crippen molar-refractivity contribution in [2.24, 2.45) is 5.90 Å². The van der Waals surface area contributed by atoms with Crippen LogP contribution in [-0.2, 0) is 11.3 Å². The van der Waals surface area contributed by atoms with Gasteiger partial charge in [-0.2, -0.15) is 0 Å². The third-order valence-corrected chi connectivity index (χ3v) is 2.55. The van der Waals surface area contributed by atoms with Crippen molar-refractivity contribution in [2.45, 2.75) is 18.8 Å². The molecule has 0 fully saturated rings. The lowest BCUT2D eigenvalue weighted by Gasteiger charge is -2.08. The van der Waals surface area contributed by atoms with Gasteiger partial charge in [0.2, 0.25) is 0 Å². The Bertz CT molecular complexity index is 270. The molecule has 1 atom stereocenters. The summed E-state index contributed by atoms with van der Waals surface area (Å²) in [6.45, 7) is 0.650. The van der Waals surface area contributed by atoms with Crippen molar-refractivity contribution in [1.29, 1.82) is 0 Å². The monoisotopic (exact) mass is 163 g/mol. The van der Waals surface area contributed by atoms with Gasteiger partial charge in [-0.3, -0.25) is 0 Å². The van der Waals surface area contributed by atoms with Gasteiger partial charge >= 0.3 is 0 Å². The van der Waals surface area contributed by atoms with Crippen molar-refractivity contribution >= 4 is 0 Å². The fourth-order valence-corrected chi connectivity index (χ4v) is 1.93. The number of benzene rings is 1. The van der Waals surface area contributed by atoms with E-state index in [-0.39, 0.29) is 0 Å². The van der Waals surface area contributed by atoms with Crippen LogP contribution in [0.15, 0.2) is 24.3 Å². The van der Waals surface area contributed by atoms with Crippen molar-refractivity contribution in [3.05, 3.63) is 35.4 Å². The van der Waals surface area contributed by atoms with E-state index in [1.807, 2.05) is 0 Å². The lowest BCUT2D eigenvalue weighted by molar-refractivity contribution is 0.123. The molecule has 0 saturated carbocycles. The highest BCUT2D eigenvalue weighted by atomic mass is 16.6. The standard InChI is InChI=1S/C10H13NO/c11-12-7-9-6-5-8-3-1-2-4-10(8)9/h1-4,9H,5-7,11H2. The van der Waals surface area contributed by atoms with Crippen molar-refractivity contribution < 1.29 is 4.84 Å². The average Bonchev–Trinajstić information content (AvgIpc) is 2.50. The van der Waals surface area contributed by atoms with Crippen LogP contribution >= 0.6 is 0 Å². The van der Waals surface area contributed by atoms with Gasteiger partial charge in [0.1, 0.15) is 0 Å². The zero-order valence-corrected chi connectivity index (χ0v) is 6.99. The molecule has 0 saturated heterocycles. The molecule has 0 bridgehead atoms. The molecular formula is C10H13NO. The van der Waals surface area contributed by atoms with Gasteiger partial charge in [0.05, 0.1) is 6.61 Å². The van der Waals surface area contributed by atoms with Gasteiger partial charge in [-0.1, -0.05) is 24.3 Å². The first kappa shape index (κ1) is 7.77. The molecule has 0 spiro atoms. The fourth-order valence-electron chi connectivity index (χ4n) is 1.93. The van der Waals surface area contributed by atoms with Crippen LogP contribution in [0.1, 0.15) is 23.5 Å². The first-order chi connectivity index (χ1) is 5.92. The van der Waals surface area contributed by atoms with Gasteiger partial charge in [-0.25, -0.2) is 5.90 Å². The maximum Gasteiger partial charge on any atom is 0.0748 e. The highest BCUT2D eigenvalue weighted by Gasteiger charge is 2.21. The molecule has 0 radical (unpaired) electrons. The quantitative estimate of drug-likeness (QED) is 0.672. The Morgan fingerprint density at radius 2 is 2.25 bits per heavy atom. The van der Waals surface area contributed by atoms with E-state index in [2.05, 4.69) is 29.1 Å². The molecule has 1 aliphatic carbocycles. The first-order valence-electron chi connectivity index (χ1n) is 4.31. The van der Waals surface area contributed by atoms with Crippen molar-refractivity contribution in [1.82, 2.24) is 0 Å². The van der Waals surface area contributed by atoms with Crippen molar-refractivity contribution in [3.8, 4) is 0 Å². The third kappa shape index (κ3) is 1.24. The Balaban J connectivity index is 2.24. The van der Waals surface area contributed by atoms with Gasteiger partial charge in [0.25, 0.3) is 0 Å². The summed E-state index contributed by atoms with van der Waals surface area (Å²) in [6.07, 6.45) is 2.35. The van der Waals surface area contributed by atoms with E-state index in [1.165, 1.54) is 24.0 Å². The van der Waals surface area contributed by atoms with Gasteiger partial charge in [0, 0.05) is 5.92 Å². The zero-order chi connectivity index (χ0) is 8.39. The summed E-state index contributed by atoms with van der Waals surface area (Å²) in [5, 5.41) is 0. The average molecular weight is 163 g/mol. The smallest absolute Gasteiger partial charge is 0.0748 e. The topological polar surface area (TPSA) is 35.2 Å². The van der Waals surface area contributed by atoms with E-state index < -0.39 is 0 Å². The second-order valence-electron chi connectivity index (χ2n) is 3.27. The van der Waals surface area contributed by atoms with Crippen LogP contribution in [0.4, 0.5) is 0 Å². The zero-order valence-electron chi connectivity index (χ0n) is 6.99. The number of aryl methyl sites for hydroxylation is 1. The molecule has 1 aromatic carbocycles. The molecule has 2 nitrogen and oxygen atoms in total. The lowest BCUT2D eigenvalue weighted by Crippen LogP contribution is -2.08. The Hall–Kier alpha value is -0.860. The van der Waals surface area contributed by atoms with Crippen LogP contribution < -0.4 is 5.90 Å². The molecule has 0 amide bonds. The van der Waals surface area contributed by atoms with Gasteiger partial charge in [0.15, 0.2) is 0 Å². The molecule has 2 heteroatoms. The maximum absolute atomic E-state index is 5.07. The molecule has 0 heterocycles. The number of hydrogen-bond acceptors (Lipinski definition) is 2. The van der Waals surface area contributed by atoms with Crippen LogP contribution in [0.25, 0.3) is 0 Å². The summed E-state index contributed by atoms with van der Waals surface area (Å²) in [4.78, 5) is 4.68. The van der Waals surface area contributed by atoms with Crippen molar-refractivity contribution in [2.75, 3.05) is 6.61 Å². The summed E-state index contributed by atoms with van der Waals surface area (Å²) < 4.78 is 0. The third-order valence-electron chi connectivity index (χ3n) is 2.55. The van der Waals surface area contributed by atoms with E-state index >= 15 is 0 Å². The molecular weight excluding hydrogens is 150 g/mol. The van der Waals surface area contributed by atoms with E-state index in [1.54, 1.807) is 0 Å². The Kier molecular flexibility index (Phi) is 2.11. The van der Waals surface area contributed by atoms with E-state index in [0.717, 1.165) is 0 Å². The molecule has 1 unspecified atom stereocenters. The molecule has 2 N–H and O–H groups in total. The molecule has 12 heavy (non-hydrogen) atoms. The minimum absolute atomic E-state index is 0.520. The summed E-state index contributed by atoms with van der Waals surface area (Å²) in [7, 11) is 0. The van der Waals surface area contributed by atoms with E-state index in [4.69, 9.17) is 5.90 Å². The van der Waals surface area contributed by atoms with Gasteiger partial charge in [-0.15, -0.1) is 0 Å². The number of fused-ring (bicyclic) bond motifs is 1. The highest BCUT2D eigenvalue weighted by molar-refractivity contribution is 5.34. The SMILES string of the molecule is NOCC1CCc2ccccc21. The summed E-state index contributed by atoms with van der Waals surface area (Å²) in [5.41, 5.74) is 2.88. The lowest BCUT2D eigenvalue weighted by atomic mass is 10.0. The second-order valence-corrected chi connectivity index (χ2v) is 3.27. The molecule has 1 aliphatic rings. The Morgan fingerprint density at radius 3 is 3.08 bits per heavy atom. The minimum Gasteiger partial charge on any atom is -0.304 e. The minimum atomic E-state index is 0.520. The second kappa shape index (κ2) is 3.25. The maximum atomic E-state index is 5.07. The highest BCUT2D eigenvalue weighted by Crippen LogP contribution is 2.32. The van der Waals surface area contributed by atoms with Crippen LogP contribution in [-0.4, -0.2) is 6.61 Å². The predicted octanol–water partition coefficient (Wildman–Crippen LogP) is 1.61. The number of nitrogens with two attached hydrogens (primary N) is 1. The van der Waals surface area contributed by atoms with Crippen molar-refractivity contribution in [3.63, 3.8) is 0 Å². The first-order valence-corrected chi connectivity index (χ1v) is 4.31. The van der Waals surface area contributed by atoms with Gasteiger partial charge < -0.3 is 4.84 Å². The van der Waals surface area contributed by atoms with Crippen LogP contribution in [0.2, 0.25) is 0 Å². The van der Waals surface area contributed by atoms with E-state index in [9.17, 15) is 0 Å². The molecule has 1 aromatic rings. The summed E-state index contributed by atoms with van der Waals surface area (Å²) in [5.74, 6) is 5.59.